The zero-order chi connectivity index (χ0) is 24.2. The lowest BCUT2D eigenvalue weighted by molar-refractivity contribution is -0.327. The molecule has 11 heteroatoms. The Morgan fingerprint density at radius 3 is 1.56 bits per heavy atom. The van der Waals surface area contributed by atoms with E-state index in [0.29, 0.717) is 6.08 Å². The summed E-state index contributed by atoms with van der Waals surface area (Å²) in [5.41, 5.74) is -8.25. The summed E-state index contributed by atoms with van der Waals surface area (Å²) >= 11 is 6.02. The molecule has 2 aromatic rings. The Labute approximate surface area is 193 Å². The lowest BCUT2D eigenvalue weighted by atomic mass is 9.71. The van der Waals surface area contributed by atoms with Crippen LogP contribution >= 0.6 is 31.9 Å². The standard InChI is InChI=1S/C21H12Br2F9/c22-17(13-5-1-3-7-15(13)24)9-12(19(26,20(27,28)29)21(30,31)32)10-18(23,11-17)14-6-2-4-8-16(14)25/h1-9,11H,10H2. The van der Waals surface area contributed by atoms with Gasteiger partial charge < -0.3 is 0 Å². The number of allylic oxidation sites excluding steroid dienone is 2. The second-order valence-corrected chi connectivity index (χ2v) is 9.96. The van der Waals surface area contributed by atoms with Crippen LogP contribution in [0.1, 0.15) is 17.5 Å². The average molecular weight is 595 g/mol. The molecule has 2 aromatic carbocycles. The first-order valence-corrected chi connectivity index (χ1v) is 10.4. The molecule has 0 bridgehead atoms. The van der Waals surface area contributed by atoms with Crippen LogP contribution in [-0.4, -0.2) is 18.0 Å². The third-order valence-electron chi connectivity index (χ3n) is 5.10. The average Bonchev–Trinajstić information content (AvgIpc) is 2.65. The van der Waals surface area contributed by atoms with Crippen LogP contribution in [-0.2, 0) is 8.65 Å². The van der Waals surface area contributed by atoms with Crippen LogP contribution in [0.5, 0.6) is 0 Å². The topological polar surface area (TPSA) is 0 Å². The van der Waals surface area contributed by atoms with Gasteiger partial charge in [-0.3, -0.25) is 0 Å². The molecule has 0 aliphatic heterocycles. The minimum Gasteiger partial charge on any atom is -0.219 e. The Hall–Kier alpha value is -1.49. The Kier molecular flexibility index (Phi) is 6.34. The van der Waals surface area contributed by atoms with E-state index in [1.54, 1.807) is 0 Å². The molecule has 32 heavy (non-hydrogen) atoms. The molecule has 0 aromatic heterocycles. The van der Waals surface area contributed by atoms with Crippen LogP contribution in [0.4, 0.5) is 39.5 Å². The van der Waals surface area contributed by atoms with Crippen molar-refractivity contribution in [2.24, 2.45) is 0 Å². The Bertz CT molecular complexity index is 1030. The fourth-order valence-corrected chi connectivity index (χ4v) is 5.93. The molecule has 0 saturated carbocycles. The van der Waals surface area contributed by atoms with Gasteiger partial charge in [-0.05, 0) is 24.1 Å². The number of benzene rings is 2. The Morgan fingerprint density at radius 1 is 0.688 bits per heavy atom. The van der Waals surface area contributed by atoms with Gasteiger partial charge in [-0.15, -0.1) is 0 Å². The van der Waals surface area contributed by atoms with Crippen LogP contribution in [0.15, 0.2) is 60.2 Å². The van der Waals surface area contributed by atoms with E-state index >= 15 is 4.39 Å². The third kappa shape index (κ3) is 4.10. The van der Waals surface area contributed by atoms with Gasteiger partial charge in [0.1, 0.15) is 11.6 Å². The van der Waals surface area contributed by atoms with Crippen molar-refractivity contribution in [1.82, 2.24) is 0 Å². The second-order valence-electron chi connectivity index (χ2n) is 7.23. The number of rotatable bonds is 3. The quantitative estimate of drug-likeness (QED) is 0.191. The molecule has 0 saturated heterocycles. The molecule has 0 nitrogen and oxygen atoms in total. The van der Waals surface area contributed by atoms with Crippen molar-refractivity contribution in [3.63, 3.8) is 0 Å². The van der Waals surface area contributed by atoms with Crippen LogP contribution in [0.25, 0.3) is 0 Å². The van der Waals surface area contributed by atoms with Crippen molar-refractivity contribution in [1.29, 1.82) is 0 Å². The van der Waals surface area contributed by atoms with Crippen LogP contribution in [0.3, 0.4) is 0 Å². The molecular weight excluding hydrogens is 583 g/mol. The van der Waals surface area contributed by atoms with Gasteiger partial charge in [0.15, 0.2) is 0 Å². The van der Waals surface area contributed by atoms with Gasteiger partial charge in [0.2, 0.25) is 0 Å². The molecule has 0 amide bonds. The Balaban J connectivity index is 2.34. The molecule has 2 unspecified atom stereocenters. The summed E-state index contributed by atoms with van der Waals surface area (Å²) in [6.07, 6.45) is -12.6. The minimum atomic E-state index is -6.39. The highest BCUT2D eigenvalue weighted by atomic mass is 79.9. The van der Waals surface area contributed by atoms with E-state index in [0.717, 1.165) is 30.7 Å². The molecule has 1 aliphatic carbocycles. The van der Waals surface area contributed by atoms with Gasteiger partial charge in [0.25, 0.3) is 0 Å². The SMILES string of the molecule is Fc1ccccc1C1(Br)[CH]C(Br)(c2ccccc2F)CC(C(F)(C(F)(F)F)C(F)(F)F)=C1. The van der Waals surface area contributed by atoms with Crippen molar-refractivity contribution < 1.29 is 39.5 Å². The largest absolute Gasteiger partial charge is 0.435 e. The Morgan fingerprint density at radius 2 is 1.12 bits per heavy atom. The summed E-state index contributed by atoms with van der Waals surface area (Å²) in [4.78, 5) is 0. The fourth-order valence-electron chi connectivity index (χ4n) is 3.65. The fraction of sp³-hybridized carbons (Fsp3) is 0.286. The van der Waals surface area contributed by atoms with Crippen LogP contribution < -0.4 is 0 Å². The minimum absolute atomic E-state index is 0.340. The summed E-state index contributed by atoms with van der Waals surface area (Å²) in [5, 5.41) is 0. The first-order valence-electron chi connectivity index (χ1n) is 8.85. The molecule has 3 rings (SSSR count). The molecule has 1 aliphatic rings. The monoisotopic (exact) mass is 593 g/mol. The van der Waals surface area contributed by atoms with Crippen LogP contribution in [0.2, 0.25) is 0 Å². The molecule has 173 valence electrons. The summed E-state index contributed by atoms with van der Waals surface area (Å²) in [5.74, 6) is -1.95. The highest BCUT2D eigenvalue weighted by Gasteiger charge is 2.75. The van der Waals surface area contributed by atoms with E-state index in [2.05, 4.69) is 31.9 Å². The molecular formula is C21H12Br2F9. The van der Waals surface area contributed by atoms with E-state index < -0.39 is 50.3 Å². The van der Waals surface area contributed by atoms with Gasteiger partial charge in [-0.25, -0.2) is 13.2 Å². The van der Waals surface area contributed by atoms with E-state index in [1.807, 2.05) is 0 Å². The highest BCUT2D eigenvalue weighted by molar-refractivity contribution is 9.10. The molecule has 0 spiro atoms. The van der Waals surface area contributed by atoms with Crippen molar-refractivity contribution in [3.05, 3.63) is 89.4 Å². The van der Waals surface area contributed by atoms with E-state index in [1.165, 1.54) is 24.3 Å². The molecule has 0 N–H and O–H groups in total. The van der Waals surface area contributed by atoms with Gasteiger partial charge in [-0.1, -0.05) is 74.3 Å². The molecule has 1 radical (unpaired) electrons. The summed E-state index contributed by atoms with van der Waals surface area (Å²) in [7, 11) is 0. The third-order valence-corrected chi connectivity index (χ3v) is 6.92. The summed E-state index contributed by atoms with van der Waals surface area (Å²) in [6.45, 7) is 0. The summed E-state index contributed by atoms with van der Waals surface area (Å²) in [6, 6.07) is 9.23. The van der Waals surface area contributed by atoms with Gasteiger partial charge in [0, 0.05) is 17.5 Å². The predicted molar refractivity (Wildman–Crippen MR) is 107 cm³/mol. The first kappa shape index (κ1) is 25.1. The highest BCUT2D eigenvalue weighted by Crippen LogP contribution is 2.61. The molecule has 0 heterocycles. The second kappa shape index (κ2) is 8.07. The normalized spacial score (nSPS) is 24.9. The maximum atomic E-state index is 15.0. The van der Waals surface area contributed by atoms with Gasteiger partial charge >= 0.3 is 18.0 Å². The predicted octanol–water partition coefficient (Wildman–Crippen LogP) is 8.21. The van der Waals surface area contributed by atoms with E-state index in [-0.39, 0.29) is 11.1 Å². The number of hydrogen-bond acceptors (Lipinski definition) is 0. The lowest BCUT2D eigenvalue weighted by Gasteiger charge is -2.45. The van der Waals surface area contributed by atoms with Crippen LogP contribution in [0, 0.1) is 18.1 Å². The maximum Gasteiger partial charge on any atom is 0.435 e. The zero-order valence-corrected chi connectivity index (χ0v) is 18.8. The number of alkyl halides is 9. The van der Waals surface area contributed by atoms with E-state index in [4.69, 9.17) is 0 Å². The zero-order valence-electron chi connectivity index (χ0n) is 15.6. The number of halogens is 11. The number of hydrogen-bond donors (Lipinski definition) is 0. The maximum absolute atomic E-state index is 15.0. The molecule has 2 atom stereocenters. The van der Waals surface area contributed by atoms with Crippen molar-refractivity contribution in [2.75, 3.05) is 0 Å². The van der Waals surface area contributed by atoms with Crippen molar-refractivity contribution in [2.45, 2.75) is 33.1 Å². The lowest BCUT2D eigenvalue weighted by Crippen LogP contribution is -2.56. The van der Waals surface area contributed by atoms with Gasteiger partial charge in [-0.2, -0.15) is 26.3 Å². The van der Waals surface area contributed by atoms with E-state index in [9.17, 15) is 35.1 Å². The molecule has 0 fully saturated rings. The summed E-state index contributed by atoms with van der Waals surface area (Å²) < 4.78 is 121. The van der Waals surface area contributed by atoms with Crippen molar-refractivity contribution >= 4 is 31.9 Å². The van der Waals surface area contributed by atoms with Gasteiger partial charge in [0.05, 0.1) is 8.65 Å². The first-order chi connectivity index (χ1) is 14.6. The smallest absolute Gasteiger partial charge is 0.219 e. The van der Waals surface area contributed by atoms with Crippen molar-refractivity contribution in [3.8, 4) is 0 Å².